The number of aryl methyl sites for hydroxylation is 1. The molecule has 3 aromatic rings. The van der Waals surface area contributed by atoms with E-state index in [0.29, 0.717) is 17.8 Å². The van der Waals surface area contributed by atoms with Crippen molar-refractivity contribution in [2.24, 2.45) is 5.10 Å². The van der Waals surface area contributed by atoms with Crippen molar-refractivity contribution < 1.29 is 4.74 Å². The Hall–Kier alpha value is -3.78. The molecule has 34 heavy (non-hydrogen) atoms. The third kappa shape index (κ3) is 5.07. The fourth-order valence-corrected chi connectivity index (χ4v) is 4.26. The van der Waals surface area contributed by atoms with Gasteiger partial charge in [-0.1, -0.05) is 48.0 Å². The number of hydrogen-bond acceptors (Lipinski definition) is 8. The number of anilines is 4. The molecule has 5 rings (SSSR count). The highest BCUT2D eigenvalue weighted by Gasteiger charge is 2.22. The van der Waals surface area contributed by atoms with Crippen LogP contribution in [-0.2, 0) is 11.2 Å². The molecule has 1 aromatic heterocycles. The Morgan fingerprint density at radius 3 is 2.56 bits per heavy atom. The van der Waals surface area contributed by atoms with Crippen molar-refractivity contribution in [2.45, 2.75) is 32.3 Å². The Labute approximate surface area is 199 Å². The van der Waals surface area contributed by atoms with E-state index in [-0.39, 0.29) is 6.10 Å². The molecule has 0 spiro atoms. The van der Waals surface area contributed by atoms with Gasteiger partial charge in [0.15, 0.2) is 0 Å². The number of piperidine rings is 1. The monoisotopic (exact) mass is 455 g/mol. The van der Waals surface area contributed by atoms with Gasteiger partial charge in [0, 0.05) is 25.9 Å². The second-order valence-corrected chi connectivity index (χ2v) is 8.59. The molecule has 0 radical (unpaired) electrons. The fraction of sp³-hybridized carbons (Fsp3) is 0.308. The van der Waals surface area contributed by atoms with E-state index in [9.17, 15) is 0 Å². The van der Waals surface area contributed by atoms with Crippen molar-refractivity contribution in [3.63, 3.8) is 0 Å². The summed E-state index contributed by atoms with van der Waals surface area (Å²) >= 11 is 0. The van der Waals surface area contributed by atoms with E-state index in [1.54, 1.807) is 7.11 Å². The molecule has 1 aliphatic carbocycles. The average molecular weight is 456 g/mol. The number of ether oxygens (including phenoxy) is 1. The number of allylic oxidation sites excluding steroid dienone is 2. The van der Waals surface area contributed by atoms with Gasteiger partial charge in [0.25, 0.3) is 0 Å². The Kier molecular flexibility index (Phi) is 6.49. The first-order valence-electron chi connectivity index (χ1n) is 11.6. The topological polar surface area (TPSA) is 87.6 Å². The molecule has 8 heteroatoms. The van der Waals surface area contributed by atoms with Crippen molar-refractivity contribution in [1.29, 1.82) is 0 Å². The number of rotatable bonds is 7. The predicted molar refractivity (Wildman–Crippen MR) is 137 cm³/mol. The summed E-state index contributed by atoms with van der Waals surface area (Å²) in [6.45, 7) is 3.73. The maximum atomic E-state index is 5.51. The van der Waals surface area contributed by atoms with E-state index in [4.69, 9.17) is 4.74 Å². The van der Waals surface area contributed by atoms with Gasteiger partial charge in [-0.2, -0.15) is 20.1 Å². The van der Waals surface area contributed by atoms with Crippen LogP contribution in [-0.4, -0.2) is 47.5 Å². The minimum absolute atomic E-state index is 0.285. The molecule has 2 aromatic carbocycles. The summed E-state index contributed by atoms with van der Waals surface area (Å²) in [6.07, 6.45) is 7.10. The Morgan fingerprint density at radius 2 is 1.76 bits per heavy atom. The molecule has 2 aliphatic rings. The summed E-state index contributed by atoms with van der Waals surface area (Å²) in [5.74, 6) is 1.50. The summed E-state index contributed by atoms with van der Waals surface area (Å²) in [5, 5.41) is 7.73. The lowest BCUT2D eigenvalue weighted by molar-refractivity contribution is 0.0816. The number of methoxy groups -OCH3 is 1. The summed E-state index contributed by atoms with van der Waals surface area (Å²) in [4.78, 5) is 16.1. The van der Waals surface area contributed by atoms with Crippen molar-refractivity contribution in [3.8, 4) is 0 Å². The molecule has 2 heterocycles. The van der Waals surface area contributed by atoms with Gasteiger partial charge in [-0.25, -0.2) is 5.43 Å². The molecule has 174 valence electrons. The van der Waals surface area contributed by atoms with Gasteiger partial charge in [-0.05, 0) is 55.0 Å². The summed E-state index contributed by atoms with van der Waals surface area (Å²) in [6, 6.07) is 16.5. The first kappa shape index (κ1) is 22.0. The molecule has 1 saturated heterocycles. The summed E-state index contributed by atoms with van der Waals surface area (Å²) < 4.78 is 5.51. The molecule has 8 nitrogen and oxygen atoms in total. The zero-order valence-electron chi connectivity index (χ0n) is 19.5. The smallest absolute Gasteiger partial charge is 0.250 e. The van der Waals surface area contributed by atoms with Crippen LogP contribution in [0.25, 0.3) is 5.57 Å². The van der Waals surface area contributed by atoms with E-state index in [1.165, 1.54) is 16.7 Å². The minimum atomic E-state index is 0.285. The number of fused-ring (bicyclic) bond motifs is 1. The normalized spacial score (nSPS) is 15.9. The standard InChI is InChI=1S/C26H29N7O/c1-18-7-11-21(12-8-18)28-24-29-25(31-26(30-24)33-15-13-22(34-2)14-16-33)32-27-17-20-10-9-19-5-3-4-6-23(19)20/h3-8,10-12,17,22H,9,13-16H2,1-2H3,(H2,28,29,30,31,32)/b27-17+. The van der Waals surface area contributed by atoms with E-state index < -0.39 is 0 Å². The van der Waals surface area contributed by atoms with Gasteiger partial charge in [0.2, 0.25) is 17.8 Å². The molecule has 0 unspecified atom stereocenters. The predicted octanol–water partition coefficient (Wildman–Crippen LogP) is 4.58. The van der Waals surface area contributed by atoms with Gasteiger partial charge in [0.05, 0.1) is 12.3 Å². The lowest BCUT2D eigenvalue weighted by atomic mass is 10.1. The van der Waals surface area contributed by atoms with Crippen LogP contribution < -0.4 is 15.6 Å². The minimum Gasteiger partial charge on any atom is -0.381 e. The van der Waals surface area contributed by atoms with Gasteiger partial charge in [-0.3, -0.25) is 0 Å². The lowest BCUT2D eigenvalue weighted by Gasteiger charge is -2.31. The zero-order chi connectivity index (χ0) is 23.3. The van der Waals surface area contributed by atoms with Crippen molar-refractivity contribution in [1.82, 2.24) is 15.0 Å². The van der Waals surface area contributed by atoms with E-state index in [1.807, 2.05) is 24.4 Å². The second-order valence-electron chi connectivity index (χ2n) is 8.59. The second kappa shape index (κ2) is 10.0. The first-order chi connectivity index (χ1) is 16.7. The Balaban J connectivity index is 1.36. The molecular weight excluding hydrogens is 426 g/mol. The molecule has 1 fully saturated rings. The first-order valence-corrected chi connectivity index (χ1v) is 11.6. The molecule has 0 bridgehead atoms. The fourth-order valence-electron chi connectivity index (χ4n) is 4.26. The van der Waals surface area contributed by atoms with Crippen LogP contribution in [0.15, 0.2) is 59.7 Å². The van der Waals surface area contributed by atoms with Crippen LogP contribution in [0.3, 0.4) is 0 Å². The maximum Gasteiger partial charge on any atom is 0.250 e. The van der Waals surface area contributed by atoms with Crippen LogP contribution in [0.5, 0.6) is 0 Å². The van der Waals surface area contributed by atoms with Gasteiger partial charge < -0.3 is 15.0 Å². The molecule has 0 saturated carbocycles. The number of nitrogens with one attached hydrogen (secondary N) is 2. The van der Waals surface area contributed by atoms with Crippen LogP contribution >= 0.6 is 0 Å². The Morgan fingerprint density at radius 1 is 1.00 bits per heavy atom. The largest absolute Gasteiger partial charge is 0.381 e. The number of hydrogen-bond donors (Lipinski definition) is 2. The van der Waals surface area contributed by atoms with Gasteiger partial charge in [-0.15, -0.1) is 0 Å². The Bertz CT molecular complexity index is 1200. The van der Waals surface area contributed by atoms with Crippen molar-refractivity contribution in [3.05, 3.63) is 71.3 Å². The van der Waals surface area contributed by atoms with Crippen LogP contribution in [0.2, 0.25) is 0 Å². The number of nitrogens with zero attached hydrogens (tertiary/aromatic N) is 5. The van der Waals surface area contributed by atoms with Crippen molar-refractivity contribution in [2.75, 3.05) is 35.8 Å². The zero-order valence-corrected chi connectivity index (χ0v) is 19.5. The molecule has 0 atom stereocenters. The van der Waals surface area contributed by atoms with E-state index in [2.05, 4.69) is 79.0 Å². The maximum absolute atomic E-state index is 5.51. The van der Waals surface area contributed by atoms with Crippen molar-refractivity contribution >= 4 is 35.3 Å². The number of aromatic nitrogens is 3. The quantitative estimate of drug-likeness (QED) is 0.398. The molecule has 2 N–H and O–H groups in total. The SMILES string of the molecule is COC1CCN(c2nc(N/N=C/C3=CCc4ccccc43)nc(Nc3ccc(C)cc3)n2)CC1. The van der Waals surface area contributed by atoms with E-state index >= 15 is 0 Å². The number of benzene rings is 2. The third-order valence-corrected chi connectivity index (χ3v) is 6.23. The van der Waals surface area contributed by atoms with Gasteiger partial charge in [0.1, 0.15) is 0 Å². The summed E-state index contributed by atoms with van der Waals surface area (Å²) in [7, 11) is 1.77. The molecule has 0 amide bonds. The summed E-state index contributed by atoms with van der Waals surface area (Å²) in [5.41, 5.74) is 8.75. The van der Waals surface area contributed by atoms with Crippen LogP contribution in [0.4, 0.5) is 23.5 Å². The highest BCUT2D eigenvalue weighted by atomic mass is 16.5. The highest BCUT2D eigenvalue weighted by molar-refractivity contribution is 6.11. The van der Waals surface area contributed by atoms with Crippen LogP contribution in [0.1, 0.15) is 29.5 Å². The molecular formula is C26H29N7O. The number of hydrazone groups is 1. The highest BCUT2D eigenvalue weighted by Crippen LogP contribution is 2.26. The third-order valence-electron chi connectivity index (χ3n) is 6.23. The lowest BCUT2D eigenvalue weighted by Crippen LogP contribution is -2.37. The van der Waals surface area contributed by atoms with Crippen LogP contribution in [0, 0.1) is 6.92 Å². The average Bonchev–Trinajstić information content (AvgIpc) is 3.28. The van der Waals surface area contributed by atoms with E-state index in [0.717, 1.165) is 43.6 Å². The van der Waals surface area contributed by atoms with Gasteiger partial charge >= 0.3 is 0 Å². The molecule has 1 aliphatic heterocycles.